The van der Waals surface area contributed by atoms with E-state index in [4.69, 9.17) is 4.74 Å². The van der Waals surface area contributed by atoms with Gasteiger partial charge in [0.1, 0.15) is 5.39 Å². The number of anilines is 1. The summed E-state index contributed by atoms with van der Waals surface area (Å²) in [6.07, 6.45) is -1.18. The van der Waals surface area contributed by atoms with Crippen LogP contribution in [0.15, 0.2) is 34.0 Å². The predicted molar refractivity (Wildman–Crippen MR) is 119 cm³/mol. The Morgan fingerprint density at radius 3 is 2.55 bits per heavy atom. The van der Waals surface area contributed by atoms with Crippen LogP contribution < -0.4 is 21.2 Å². The van der Waals surface area contributed by atoms with Gasteiger partial charge in [-0.25, -0.2) is 4.68 Å². The minimum atomic E-state index is -4.46. The molecule has 1 aliphatic rings. The van der Waals surface area contributed by atoms with Crippen LogP contribution in [0.4, 0.5) is 19.0 Å². The SMILES string of the molecule is CCOc1c(=O)n(C2CC2)cc2c(NC(C)c3cccc(C(F)(F)F)c3C)nn(C)c(=O)c12. The number of alkyl halides is 3. The van der Waals surface area contributed by atoms with Crippen molar-refractivity contribution in [1.29, 1.82) is 0 Å². The molecule has 3 aromatic rings. The third-order valence-electron chi connectivity index (χ3n) is 5.94. The topological polar surface area (TPSA) is 78.2 Å². The fraction of sp³-hybridized carbons (Fsp3) is 0.435. The highest BCUT2D eigenvalue weighted by Gasteiger charge is 2.33. The average Bonchev–Trinajstić information content (AvgIpc) is 3.57. The molecule has 176 valence electrons. The lowest BCUT2D eigenvalue weighted by Crippen LogP contribution is -2.28. The zero-order valence-corrected chi connectivity index (χ0v) is 18.8. The Kier molecular flexibility index (Phi) is 5.71. The Balaban J connectivity index is 1.88. The largest absolute Gasteiger partial charge is 0.488 e. The predicted octanol–water partition coefficient (Wildman–Crippen LogP) is 4.33. The van der Waals surface area contributed by atoms with Crippen molar-refractivity contribution in [3.8, 4) is 5.75 Å². The van der Waals surface area contributed by atoms with Crippen LogP contribution in [-0.4, -0.2) is 21.0 Å². The summed E-state index contributed by atoms with van der Waals surface area (Å²) >= 11 is 0. The molecule has 0 bridgehead atoms. The fourth-order valence-electron chi connectivity index (χ4n) is 4.13. The molecule has 1 aromatic carbocycles. The van der Waals surface area contributed by atoms with Gasteiger partial charge in [0, 0.05) is 19.3 Å². The molecule has 1 atom stereocenters. The maximum Gasteiger partial charge on any atom is 0.416 e. The molecular weight excluding hydrogens is 437 g/mol. The minimum absolute atomic E-state index is 0.0288. The van der Waals surface area contributed by atoms with Crippen LogP contribution >= 0.6 is 0 Å². The van der Waals surface area contributed by atoms with Gasteiger partial charge in [-0.3, -0.25) is 9.59 Å². The van der Waals surface area contributed by atoms with E-state index in [0.29, 0.717) is 10.9 Å². The number of fused-ring (bicyclic) bond motifs is 1. The van der Waals surface area contributed by atoms with E-state index >= 15 is 0 Å². The molecule has 1 unspecified atom stereocenters. The highest BCUT2D eigenvalue weighted by molar-refractivity contribution is 5.94. The van der Waals surface area contributed by atoms with Crippen LogP contribution in [0.2, 0.25) is 0 Å². The van der Waals surface area contributed by atoms with Crippen LogP contribution in [0.3, 0.4) is 0 Å². The number of hydrogen-bond donors (Lipinski definition) is 1. The van der Waals surface area contributed by atoms with Crippen molar-refractivity contribution in [1.82, 2.24) is 14.3 Å². The summed E-state index contributed by atoms with van der Waals surface area (Å²) in [5.41, 5.74) is -0.990. The fourth-order valence-corrected chi connectivity index (χ4v) is 4.13. The highest BCUT2D eigenvalue weighted by atomic mass is 19.4. The second kappa shape index (κ2) is 8.24. The Hall–Kier alpha value is -3.30. The smallest absolute Gasteiger partial charge is 0.416 e. The normalized spacial score (nSPS) is 15.0. The molecule has 0 aliphatic heterocycles. The second-order valence-electron chi connectivity index (χ2n) is 8.28. The van der Waals surface area contributed by atoms with E-state index in [2.05, 4.69) is 10.4 Å². The van der Waals surface area contributed by atoms with E-state index in [0.717, 1.165) is 23.6 Å². The molecule has 0 spiro atoms. The van der Waals surface area contributed by atoms with Gasteiger partial charge in [-0.2, -0.15) is 18.3 Å². The molecule has 10 heteroatoms. The number of hydrogen-bond acceptors (Lipinski definition) is 5. The maximum atomic E-state index is 13.4. The molecule has 1 aliphatic carbocycles. The van der Waals surface area contributed by atoms with E-state index in [9.17, 15) is 22.8 Å². The summed E-state index contributed by atoms with van der Waals surface area (Å²) in [6.45, 7) is 5.08. The van der Waals surface area contributed by atoms with Gasteiger partial charge in [0.25, 0.3) is 11.1 Å². The number of nitrogens with zero attached hydrogens (tertiary/aromatic N) is 3. The van der Waals surface area contributed by atoms with Crippen LogP contribution in [0.5, 0.6) is 5.75 Å². The molecule has 1 saturated carbocycles. The number of halogens is 3. The van der Waals surface area contributed by atoms with Crippen LogP contribution in [0.1, 0.15) is 55.5 Å². The first kappa shape index (κ1) is 22.9. The van der Waals surface area contributed by atoms with Gasteiger partial charge in [0.2, 0.25) is 0 Å². The molecule has 4 rings (SSSR count). The Labute approximate surface area is 187 Å². The van der Waals surface area contributed by atoms with Gasteiger partial charge >= 0.3 is 6.18 Å². The average molecular weight is 462 g/mol. The van der Waals surface area contributed by atoms with Gasteiger partial charge in [-0.05, 0) is 50.8 Å². The third kappa shape index (κ3) is 4.09. The molecule has 0 saturated heterocycles. The highest BCUT2D eigenvalue weighted by Crippen LogP contribution is 2.37. The van der Waals surface area contributed by atoms with Crippen molar-refractivity contribution < 1.29 is 17.9 Å². The van der Waals surface area contributed by atoms with Gasteiger partial charge in [0.15, 0.2) is 11.6 Å². The summed E-state index contributed by atoms with van der Waals surface area (Å²) in [5.74, 6) is 0.252. The number of nitrogens with one attached hydrogen (secondary N) is 1. The number of aromatic nitrogens is 3. The van der Waals surface area contributed by atoms with Crippen LogP contribution in [-0.2, 0) is 13.2 Å². The zero-order chi connectivity index (χ0) is 24.1. The molecule has 0 amide bonds. The van der Waals surface area contributed by atoms with Crippen molar-refractivity contribution in [2.45, 2.75) is 51.9 Å². The molecule has 2 heterocycles. The first-order valence-corrected chi connectivity index (χ1v) is 10.8. The van der Waals surface area contributed by atoms with Crippen molar-refractivity contribution >= 4 is 16.6 Å². The minimum Gasteiger partial charge on any atom is -0.488 e. The van der Waals surface area contributed by atoms with E-state index in [-0.39, 0.29) is 40.7 Å². The first-order valence-electron chi connectivity index (χ1n) is 10.8. The second-order valence-corrected chi connectivity index (χ2v) is 8.28. The van der Waals surface area contributed by atoms with Crippen LogP contribution in [0, 0.1) is 6.92 Å². The quantitative estimate of drug-likeness (QED) is 0.590. The number of rotatable bonds is 6. The van der Waals surface area contributed by atoms with Gasteiger partial charge in [-0.1, -0.05) is 12.1 Å². The number of ether oxygens (including phenoxy) is 1. The zero-order valence-electron chi connectivity index (χ0n) is 18.8. The van der Waals surface area contributed by atoms with Gasteiger partial charge < -0.3 is 14.6 Å². The Morgan fingerprint density at radius 1 is 1.24 bits per heavy atom. The standard InChI is InChI=1S/C23H25F3N4O3/c1-5-33-19-18-16(11-30(22(19)32)14-9-10-14)20(28-29(4)21(18)31)27-13(3)15-7-6-8-17(12(15)2)23(24,25)26/h6-8,11,13-14H,5,9-10H2,1-4H3,(H,27,28). The molecule has 1 fully saturated rings. The molecule has 0 radical (unpaired) electrons. The van der Waals surface area contributed by atoms with Crippen molar-refractivity contribution in [2.24, 2.45) is 7.05 Å². The molecule has 2 aromatic heterocycles. The Morgan fingerprint density at radius 2 is 1.94 bits per heavy atom. The van der Waals surface area contributed by atoms with Crippen molar-refractivity contribution in [2.75, 3.05) is 11.9 Å². The monoisotopic (exact) mass is 462 g/mol. The molecule has 33 heavy (non-hydrogen) atoms. The van der Waals surface area contributed by atoms with Gasteiger partial charge in [0.05, 0.1) is 23.6 Å². The summed E-state index contributed by atoms with van der Waals surface area (Å²) in [7, 11) is 1.45. The maximum absolute atomic E-state index is 13.4. The lowest BCUT2D eigenvalue weighted by Gasteiger charge is -2.22. The lowest BCUT2D eigenvalue weighted by atomic mass is 9.97. The lowest BCUT2D eigenvalue weighted by molar-refractivity contribution is -0.138. The molecular formula is C23H25F3N4O3. The molecule has 7 nitrogen and oxygen atoms in total. The van der Waals surface area contributed by atoms with Crippen LogP contribution in [0.25, 0.3) is 10.8 Å². The van der Waals surface area contributed by atoms with Gasteiger partial charge in [-0.15, -0.1) is 0 Å². The summed E-state index contributed by atoms with van der Waals surface area (Å²) in [5, 5.41) is 7.97. The van der Waals surface area contributed by atoms with E-state index in [1.807, 2.05) is 0 Å². The van der Waals surface area contributed by atoms with E-state index in [1.165, 1.54) is 20.0 Å². The summed E-state index contributed by atoms with van der Waals surface area (Å²) in [6, 6.07) is 3.51. The van der Waals surface area contributed by atoms with Crippen molar-refractivity contribution in [3.63, 3.8) is 0 Å². The number of pyridine rings is 1. The first-order chi connectivity index (χ1) is 15.5. The van der Waals surface area contributed by atoms with Crippen molar-refractivity contribution in [3.05, 3.63) is 61.8 Å². The molecule has 1 N–H and O–H groups in total. The summed E-state index contributed by atoms with van der Waals surface area (Å²) < 4.78 is 48.4. The third-order valence-corrected chi connectivity index (χ3v) is 5.94. The summed E-state index contributed by atoms with van der Waals surface area (Å²) in [4.78, 5) is 25.9. The van der Waals surface area contributed by atoms with E-state index < -0.39 is 23.3 Å². The Bertz CT molecular complexity index is 1340. The number of benzene rings is 1. The number of aryl methyl sites for hydroxylation is 1. The van der Waals surface area contributed by atoms with E-state index in [1.54, 1.807) is 30.7 Å².